The third-order valence-corrected chi connectivity index (χ3v) is 8.85. The second kappa shape index (κ2) is 35.6. The first-order chi connectivity index (χ1) is 23.0. The Morgan fingerprint density at radius 1 is 0.468 bits per heavy atom. The van der Waals surface area contributed by atoms with Gasteiger partial charge in [-0.2, -0.15) is 0 Å². The quantitative estimate of drug-likeness (QED) is 0.0413. The molecule has 0 aromatic carbocycles. The molecule has 0 aliphatic carbocycles. The first-order valence-corrected chi connectivity index (χ1v) is 20.1. The van der Waals surface area contributed by atoms with Crippen LogP contribution < -0.4 is 0 Å². The molecule has 0 spiro atoms. The van der Waals surface area contributed by atoms with Gasteiger partial charge in [-0.25, -0.2) is 9.59 Å². The molecule has 0 amide bonds. The lowest BCUT2D eigenvalue weighted by Gasteiger charge is -2.22. The predicted molar refractivity (Wildman–Crippen MR) is 200 cm³/mol. The van der Waals surface area contributed by atoms with E-state index in [1.54, 1.807) is 12.2 Å². The van der Waals surface area contributed by atoms with E-state index in [9.17, 15) is 14.7 Å². The van der Waals surface area contributed by atoms with Gasteiger partial charge in [0.2, 0.25) is 0 Å². The van der Waals surface area contributed by atoms with E-state index in [0.29, 0.717) is 13.2 Å². The highest BCUT2D eigenvalue weighted by molar-refractivity contribution is 5.83. The van der Waals surface area contributed by atoms with Crippen molar-refractivity contribution in [3.05, 3.63) is 23.3 Å². The molecular formula is C41H77NO5. The lowest BCUT2D eigenvalue weighted by atomic mass is 10.0. The average molecular weight is 664 g/mol. The molecule has 47 heavy (non-hydrogen) atoms. The number of ether oxygens (including phenoxy) is 2. The standard InChI is InChI=1S/C41H77NO5/c1-5-9-11-13-15-19-28-38(26-7-3)36-40(44)46-34-23-17-21-30-42(32-25-33-43)31-22-18-24-35-47-41(45)37-39(27-8-4)29-20-16-14-12-10-6-2/h36-37,43H,5-35H2,1-4H3/b38-36+,39-37+. The van der Waals surface area contributed by atoms with Crippen LogP contribution in [-0.4, -0.2) is 61.4 Å². The Hall–Kier alpha value is -1.66. The Morgan fingerprint density at radius 2 is 0.851 bits per heavy atom. The van der Waals surface area contributed by atoms with Crippen LogP contribution >= 0.6 is 0 Å². The molecule has 0 aromatic rings. The van der Waals surface area contributed by atoms with Crippen molar-refractivity contribution in [2.45, 2.75) is 188 Å². The molecule has 0 fully saturated rings. The zero-order valence-electron chi connectivity index (χ0n) is 31.6. The number of allylic oxidation sites excluding steroid dienone is 2. The minimum Gasteiger partial charge on any atom is -0.463 e. The molecule has 6 nitrogen and oxygen atoms in total. The minimum absolute atomic E-state index is 0.180. The second-order valence-electron chi connectivity index (χ2n) is 13.5. The van der Waals surface area contributed by atoms with Crippen molar-refractivity contribution in [2.24, 2.45) is 0 Å². The molecule has 276 valence electrons. The molecule has 0 heterocycles. The molecule has 1 N–H and O–H groups in total. The highest BCUT2D eigenvalue weighted by atomic mass is 16.5. The van der Waals surface area contributed by atoms with E-state index in [4.69, 9.17) is 9.47 Å². The summed E-state index contributed by atoms with van der Waals surface area (Å²) in [5.41, 5.74) is 2.48. The first kappa shape index (κ1) is 45.3. The lowest BCUT2D eigenvalue weighted by Crippen LogP contribution is -2.28. The number of esters is 2. The topological polar surface area (TPSA) is 76.1 Å². The monoisotopic (exact) mass is 664 g/mol. The number of rotatable bonds is 35. The number of nitrogens with zero attached hydrogens (tertiary/aromatic N) is 1. The van der Waals surface area contributed by atoms with Gasteiger partial charge in [0.15, 0.2) is 0 Å². The molecule has 0 aliphatic heterocycles. The molecule has 0 unspecified atom stereocenters. The first-order valence-electron chi connectivity index (χ1n) is 20.1. The van der Waals surface area contributed by atoms with Crippen molar-refractivity contribution in [1.29, 1.82) is 0 Å². The van der Waals surface area contributed by atoms with Crippen LogP contribution in [0.2, 0.25) is 0 Å². The number of hydrogen-bond donors (Lipinski definition) is 1. The van der Waals surface area contributed by atoms with Gasteiger partial charge in [0, 0.05) is 25.3 Å². The van der Waals surface area contributed by atoms with E-state index in [1.807, 2.05) is 0 Å². The maximum Gasteiger partial charge on any atom is 0.330 e. The van der Waals surface area contributed by atoms with Gasteiger partial charge in [0.25, 0.3) is 0 Å². The number of carbonyl (C=O) groups excluding carboxylic acids is 2. The van der Waals surface area contributed by atoms with Crippen LogP contribution in [0.5, 0.6) is 0 Å². The van der Waals surface area contributed by atoms with Gasteiger partial charge in [0.05, 0.1) is 13.2 Å². The molecule has 0 rings (SSSR count). The van der Waals surface area contributed by atoms with Gasteiger partial charge in [-0.3, -0.25) is 0 Å². The largest absolute Gasteiger partial charge is 0.463 e. The smallest absolute Gasteiger partial charge is 0.330 e. The van der Waals surface area contributed by atoms with Crippen LogP contribution in [0.1, 0.15) is 188 Å². The Bertz CT molecular complexity index is 718. The lowest BCUT2D eigenvalue weighted by molar-refractivity contribution is -0.138. The fourth-order valence-corrected chi connectivity index (χ4v) is 6.07. The maximum absolute atomic E-state index is 12.4. The van der Waals surface area contributed by atoms with Gasteiger partial charge < -0.3 is 19.5 Å². The normalized spacial score (nSPS) is 12.2. The SMILES string of the molecule is CCCCCCCC/C(=C/C(=O)OCCCCCN(CCCO)CCCCCOC(=O)/C=C(\CCC)CCCCCCCC)CCC. The Balaban J connectivity index is 4.21. The summed E-state index contributed by atoms with van der Waals surface area (Å²) in [7, 11) is 0. The predicted octanol–water partition coefficient (Wildman–Crippen LogP) is 11.1. The molecular weight excluding hydrogens is 586 g/mol. The van der Waals surface area contributed by atoms with E-state index < -0.39 is 0 Å². The van der Waals surface area contributed by atoms with Crippen molar-refractivity contribution in [3.8, 4) is 0 Å². The number of hydrogen-bond acceptors (Lipinski definition) is 6. The Labute approximate surface area is 291 Å². The number of carbonyl (C=O) groups is 2. The van der Waals surface area contributed by atoms with E-state index >= 15 is 0 Å². The summed E-state index contributed by atoms with van der Waals surface area (Å²) < 4.78 is 11.1. The molecule has 0 bridgehead atoms. The van der Waals surface area contributed by atoms with E-state index in [1.165, 1.54) is 88.2 Å². The highest BCUT2D eigenvalue weighted by Gasteiger charge is 2.08. The van der Waals surface area contributed by atoms with E-state index in [2.05, 4.69) is 32.6 Å². The van der Waals surface area contributed by atoms with E-state index in [0.717, 1.165) is 103 Å². The number of unbranched alkanes of at least 4 members (excludes halogenated alkanes) is 14. The third-order valence-electron chi connectivity index (χ3n) is 8.85. The van der Waals surface area contributed by atoms with Crippen molar-refractivity contribution < 1.29 is 24.2 Å². The van der Waals surface area contributed by atoms with E-state index in [-0.39, 0.29) is 18.5 Å². The van der Waals surface area contributed by atoms with Crippen LogP contribution in [0.15, 0.2) is 23.3 Å². The van der Waals surface area contributed by atoms with Gasteiger partial charge in [-0.15, -0.1) is 0 Å². The molecule has 6 heteroatoms. The van der Waals surface area contributed by atoms with Crippen LogP contribution in [0.3, 0.4) is 0 Å². The molecule has 0 atom stereocenters. The summed E-state index contributed by atoms with van der Waals surface area (Å²) in [5.74, 6) is -0.361. The summed E-state index contributed by atoms with van der Waals surface area (Å²) >= 11 is 0. The molecule has 0 saturated heterocycles. The molecule has 0 saturated carbocycles. The minimum atomic E-state index is -0.180. The Kier molecular flexibility index (Phi) is 34.4. The molecule has 0 aromatic heterocycles. The highest BCUT2D eigenvalue weighted by Crippen LogP contribution is 2.18. The number of aliphatic hydroxyl groups excluding tert-OH is 1. The zero-order valence-corrected chi connectivity index (χ0v) is 31.6. The van der Waals surface area contributed by atoms with Crippen molar-refractivity contribution >= 4 is 11.9 Å². The summed E-state index contributed by atoms with van der Waals surface area (Å²) in [5, 5.41) is 9.34. The third kappa shape index (κ3) is 31.4. The number of aliphatic hydroxyl groups is 1. The Morgan fingerprint density at radius 3 is 1.26 bits per heavy atom. The van der Waals surface area contributed by atoms with Gasteiger partial charge in [-0.05, 0) is 96.6 Å². The van der Waals surface area contributed by atoms with Crippen LogP contribution in [0.25, 0.3) is 0 Å². The fourth-order valence-electron chi connectivity index (χ4n) is 6.07. The van der Waals surface area contributed by atoms with Crippen molar-refractivity contribution in [3.63, 3.8) is 0 Å². The van der Waals surface area contributed by atoms with Crippen molar-refractivity contribution in [1.82, 2.24) is 4.90 Å². The van der Waals surface area contributed by atoms with Crippen LogP contribution in [-0.2, 0) is 19.1 Å². The molecule has 0 radical (unpaired) electrons. The summed E-state index contributed by atoms with van der Waals surface area (Å²) in [6.07, 6.45) is 31.6. The fraction of sp³-hybridized carbons (Fsp3) is 0.854. The summed E-state index contributed by atoms with van der Waals surface area (Å²) in [6.45, 7) is 12.9. The maximum atomic E-state index is 12.4. The van der Waals surface area contributed by atoms with Crippen LogP contribution in [0, 0.1) is 0 Å². The zero-order chi connectivity index (χ0) is 34.6. The second-order valence-corrected chi connectivity index (χ2v) is 13.5. The van der Waals surface area contributed by atoms with Crippen LogP contribution in [0.4, 0.5) is 0 Å². The van der Waals surface area contributed by atoms with Crippen molar-refractivity contribution in [2.75, 3.05) is 39.5 Å². The van der Waals surface area contributed by atoms with Gasteiger partial charge in [0.1, 0.15) is 0 Å². The molecule has 0 aliphatic rings. The van der Waals surface area contributed by atoms with Gasteiger partial charge in [-0.1, -0.05) is 116 Å². The average Bonchev–Trinajstić information content (AvgIpc) is 3.05. The summed E-state index contributed by atoms with van der Waals surface area (Å²) in [6, 6.07) is 0. The van der Waals surface area contributed by atoms with Gasteiger partial charge >= 0.3 is 11.9 Å². The summed E-state index contributed by atoms with van der Waals surface area (Å²) in [4.78, 5) is 27.2.